The van der Waals surface area contributed by atoms with Crippen molar-refractivity contribution in [2.45, 2.75) is 119 Å². The molecule has 0 heterocycles. The Morgan fingerprint density at radius 1 is 0.417 bits per heavy atom. The fourth-order valence-corrected chi connectivity index (χ4v) is 9.74. The van der Waals surface area contributed by atoms with Gasteiger partial charge in [-0.3, -0.25) is 0 Å². The molecule has 0 bridgehead atoms. The minimum absolute atomic E-state index is 0.181. The number of hydrogen-bond donors (Lipinski definition) is 0. The van der Waals surface area contributed by atoms with Crippen molar-refractivity contribution in [3.63, 3.8) is 0 Å². The normalized spacial score (nSPS) is 16.8. The summed E-state index contributed by atoms with van der Waals surface area (Å²) in [5, 5.41) is 0. The largest absolute Gasteiger partial charge is 0.310 e. The van der Waals surface area contributed by atoms with Gasteiger partial charge in [-0.25, -0.2) is 0 Å². The van der Waals surface area contributed by atoms with Crippen LogP contribution >= 0.6 is 0 Å². The Morgan fingerprint density at radius 3 is 1.22 bits per heavy atom. The standard InChI is InChI=1S/C58H66N2/c1-35(2)41-13-21-45(22-14-41)59(46-23-15-42(16-24-46)36(3)4)55-33-53(39(9)10)49-30-32-52-56(34-54(40(11)12)50-29-31-51(55)57(49)58(50)52)60(47-25-17-43(18-26-47)37(5)6)48-27-19-44(20-28-48)38(7)8/h13-40,49,57H,1-12H3. The van der Waals surface area contributed by atoms with Gasteiger partial charge in [0.1, 0.15) is 0 Å². The molecule has 3 aliphatic rings. The van der Waals surface area contributed by atoms with Crippen molar-refractivity contribution in [3.05, 3.63) is 183 Å². The van der Waals surface area contributed by atoms with Gasteiger partial charge in [0.05, 0.1) is 5.69 Å². The summed E-state index contributed by atoms with van der Waals surface area (Å²) in [6.07, 6.45) is 12.5. The lowest BCUT2D eigenvalue weighted by molar-refractivity contribution is 0.551. The number of allylic oxidation sites excluding steroid dienone is 5. The zero-order chi connectivity index (χ0) is 42.6. The Bertz CT molecular complexity index is 2360. The van der Waals surface area contributed by atoms with Crippen LogP contribution in [-0.4, -0.2) is 0 Å². The summed E-state index contributed by atoms with van der Waals surface area (Å²) in [6, 6.07) is 39.8. The second-order valence-corrected chi connectivity index (χ2v) is 19.4. The Kier molecular flexibility index (Phi) is 11.5. The van der Waals surface area contributed by atoms with Gasteiger partial charge in [-0.15, -0.1) is 0 Å². The maximum Gasteiger partial charge on any atom is 0.0540 e. The molecule has 0 saturated carbocycles. The van der Waals surface area contributed by atoms with Crippen molar-refractivity contribution >= 4 is 40.6 Å². The second-order valence-electron chi connectivity index (χ2n) is 19.4. The zero-order valence-corrected chi connectivity index (χ0v) is 38.2. The van der Waals surface area contributed by atoms with Gasteiger partial charge in [0.25, 0.3) is 0 Å². The predicted octanol–water partition coefficient (Wildman–Crippen LogP) is 17.2. The predicted molar refractivity (Wildman–Crippen MR) is 261 cm³/mol. The highest BCUT2D eigenvalue weighted by Crippen LogP contribution is 2.57. The molecule has 5 aromatic rings. The lowest BCUT2D eigenvalue weighted by Crippen LogP contribution is -2.32. The molecule has 0 N–H and O–H groups in total. The molecule has 8 rings (SSSR count). The van der Waals surface area contributed by atoms with E-state index < -0.39 is 0 Å². The maximum absolute atomic E-state index is 2.55. The molecule has 0 amide bonds. The van der Waals surface area contributed by atoms with Crippen LogP contribution in [0.2, 0.25) is 0 Å². The molecule has 3 aliphatic carbocycles. The zero-order valence-electron chi connectivity index (χ0n) is 38.2. The van der Waals surface area contributed by atoms with Crippen LogP contribution < -0.4 is 9.80 Å². The third kappa shape index (κ3) is 7.53. The van der Waals surface area contributed by atoms with Gasteiger partial charge in [-0.05, 0) is 141 Å². The van der Waals surface area contributed by atoms with Crippen molar-refractivity contribution in [2.75, 3.05) is 9.80 Å². The number of nitrogens with zero attached hydrogens (tertiary/aromatic N) is 2. The van der Waals surface area contributed by atoms with Gasteiger partial charge in [0.2, 0.25) is 0 Å². The number of hydrogen-bond acceptors (Lipinski definition) is 2. The van der Waals surface area contributed by atoms with Crippen molar-refractivity contribution in [3.8, 4) is 0 Å². The first-order chi connectivity index (χ1) is 28.7. The Hall–Kier alpha value is -5.34. The second kappa shape index (κ2) is 16.6. The molecular formula is C58H66N2. The van der Waals surface area contributed by atoms with Crippen LogP contribution in [0.5, 0.6) is 0 Å². The Labute approximate surface area is 362 Å². The minimum Gasteiger partial charge on any atom is -0.310 e. The first-order valence-corrected chi connectivity index (χ1v) is 22.8. The number of benzene rings is 5. The molecule has 0 radical (unpaired) electrons. The molecule has 0 aromatic heterocycles. The molecule has 2 atom stereocenters. The molecule has 2 heteroatoms. The molecule has 0 spiro atoms. The van der Waals surface area contributed by atoms with Crippen molar-refractivity contribution in [1.29, 1.82) is 0 Å². The molecule has 0 fully saturated rings. The summed E-state index contributed by atoms with van der Waals surface area (Å²) in [5.41, 5.74) is 21.2. The molecule has 0 saturated heterocycles. The molecule has 60 heavy (non-hydrogen) atoms. The van der Waals surface area contributed by atoms with Crippen LogP contribution in [0.4, 0.5) is 28.4 Å². The van der Waals surface area contributed by atoms with E-state index in [-0.39, 0.29) is 11.8 Å². The Balaban J connectivity index is 1.39. The topological polar surface area (TPSA) is 6.48 Å². The van der Waals surface area contributed by atoms with Gasteiger partial charge in [0, 0.05) is 45.8 Å². The van der Waals surface area contributed by atoms with Crippen molar-refractivity contribution < 1.29 is 0 Å². The monoisotopic (exact) mass is 791 g/mol. The highest BCUT2D eigenvalue weighted by atomic mass is 15.2. The Morgan fingerprint density at radius 2 is 0.833 bits per heavy atom. The van der Waals surface area contributed by atoms with Crippen LogP contribution in [0.25, 0.3) is 12.2 Å². The van der Waals surface area contributed by atoms with E-state index in [4.69, 9.17) is 0 Å². The van der Waals surface area contributed by atoms with E-state index in [0.717, 1.165) is 0 Å². The summed E-state index contributed by atoms with van der Waals surface area (Å²) in [4.78, 5) is 5.07. The summed E-state index contributed by atoms with van der Waals surface area (Å²) in [5.74, 6) is 3.05. The van der Waals surface area contributed by atoms with Gasteiger partial charge in [-0.1, -0.05) is 161 Å². The van der Waals surface area contributed by atoms with E-state index in [1.807, 2.05) is 0 Å². The van der Waals surface area contributed by atoms with Crippen molar-refractivity contribution in [1.82, 2.24) is 0 Å². The highest BCUT2D eigenvalue weighted by Gasteiger charge is 2.42. The fraction of sp³-hybridized carbons (Fsp3) is 0.345. The molecule has 2 unspecified atom stereocenters. The molecule has 5 aromatic carbocycles. The average molecular weight is 791 g/mol. The summed E-state index contributed by atoms with van der Waals surface area (Å²) < 4.78 is 0. The first-order valence-electron chi connectivity index (χ1n) is 22.8. The quantitative estimate of drug-likeness (QED) is 0.124. The van der Waals surface area contributed by atoms with Gasteiger partial charge in [0.15, 0.2) is 0 Å². The molecule has 308 valence electrons. The molecule has 2 nitrogen and oxygen atoms in total. The van der Waals surface area contributed by atoms with E-state index >= 15 is 0 Å². The van der Waals surface area contributed by atoms with Gasteiger partial charge < -0.3 is 9.80 Å². The summed E-state index contributed by atoms with van der Waals surface area (Å²) >= 11 is 0. The average Bonchev–Trinajstić information content (AvgIpc) is 3.24. The highest BCUT2D eigenvalue weighted by molar-refractivity contribution is 5.90. The first kappa shape index (κ1) is 41.4. The maximum atomic E-state index is 2.55. The lowest BCUT2D eigenvalue weighted by atomic mass is 9.63. The van der Waals surface area contributed by atoms with Gasteiger partial charge in [-0.2, -0.15) is 0 Å². The minimum atomic E-state index is 0.181. The van der Waals surface area contributed by atoms with Crippen LogP contribution in [0.1, 0.15) is 163 Å². The van der Waals surface area contributed by atoms with Crippen LogP contribution in [-0.2, 0) is 0 Å². The number of anilines is 5. The van der Waals surface area contributed by atoms with Crippen LogP contribution in [0, 0.1) is 11.8 Å². The van der Waals surface area contributed by atoms with Gasteiger partial charge >= 0.3 is 0 Å². The summed E-state index contributed by atoms with van der Waals surface area (Å²) in [6.45, 7) is 27.7. The van der Waals surface area contributed by atoms with E-state index in [0.29, 0.717) is 35.5 Å². The smallest absolute Gasteiger partial charge is 0.0540 e. The van der Waals surface area contributed by atoms with E-state index in [9.17, 15) is 0 Å². The van der Waals surface area contributed by atoms with Crippen molar-refractivity contribution in [2.24, 2.45) is 11.8 Å². The number of rotatable bonds is 12. The third-order valence-electron chi connectivity index (χ3n) is 13.4. The fourth-order valence-electron chi connectivity index (χ4n) is 9.74. The SMILES string of the molecule is CC(C)C1=CC(N(c2ccc(C(C)C)cc2)c2ccc(C(C)C)cc2)=C2C=Cc3c(C(C)C)cc(N(c4ccc(C(C)C)cc4)c4ccc(C(C)C)cc4)c4c3C2C1C=C4. The van der Waals surface area contributed by atoms with Crippen LogP contribution in [0.15, 0.2) is 138 Å². The third-order valence-corrected chi connectivity index (χ3v) is 13.4. The molecule has 0 aliphatic heterocycles. The lowest BCUT2D eigenvalue weighted by Gasteiger charge is -2.44. The molecular weight excluding hydrogens is 725 g/mol. The van der Waals surface area contributed by atoms with E-state index in [1.54, 1.807) is 0 Å². The van der Waals surface area contributed by atoms with E-state index in [2.05, 4.69) is 226 Å². The summed E-state index contributed by atoms with van der Waals surface area (Å²) in [7, 11) is 0. The van der Waals surface area contributed by atoms with Crippen LogP contribution in [0.3, 0.4) is 0 Å². The van der Waals surface area contributed by atoms with E-state index in [1.165, 1.54) is 89.8 Å².